The van der Waals surface area contributed by atoms with Crippen molar-refractivity contribution in [1.82, 2.24) is 19.6 Å². The van der Waals surface area contributed by atoms with Crippen LogP contribution in [0.4, 0.5) is 0 Å². The summed E-state index contributed by atoms with van der Waals surface area (Å²) in [6.07, 6.45) is 3.86. The molecule has 7 nitrogen and oxygen atoms in total. The van der Waals surface area contributed by atoms with Crippen LogP contribution in [0.15, 0.2) is 47.5 Å². The summed E-state index contributed by atoms with van der Waals surface area (Å²) >= 11 is 1.43. The molecule has 1 N–H and O–H groups in total. The molecule has 1 fully saturated rings. The third kappa shape index (κ3) is 4.55. The summed E-state index contributed by atoms with van der Waals surface area (Å²) < 4.78 is 6.85. The number of carbonyl (C=O) groups is 1. The van der Waals surface area contributed by atoms with Crippen molar-refractivity contribution < 1.29 is 9.53 Å². The molecule has 8 heteroatoms. The van der Waals surface area contributed by atoms with Crippen LogP contribution in [0, 0.1) is 6.92 Å². The SMILES string of the molecule is Cc1cn2c(=O)c(C(=O)NC(CCN3CCOCC3)c3ccccc3)cnc2s1. The maximum Gasteiger partial charge on any atom is 0.271 e. The number of benzene rings is 1. The zero-order chi connectivity index (χ0) is 20.2. The van der Waals surface area contributed by atoms with Crippen LogP contribution in [0.2, 0.25) is 0 Å². The van der Waals surface area contributed by atoms with Crippen molar-refractivity contribution in [3.63, 3.8) is 0 Å². The number of amides is 1. The minimum atomic E-state index is -0.392. The minimum Gasteiger partial charge on any atom is -0.379 e. The number of morpholine rings is 1. The van der Waals surface area contributed by atoms with E-state index in [1.54, 1.807) is 6.20 Å². The molecule has 0 bridgehead atoms. The van der Waals surface area contributed by atoms with Crippen LogP contribution in [0.1, 0.15) is 33.3 Å². The maximum atomic E-state index is 13.0. The van der Waals surface area contributed by atoms with Crippen molar-refractivity contribution >= 4 is 22.2 Å². The molecule has 0 spiro atoms. The number of fused-ring (bicyclic) bond motifs is 1. The number of nitrogens with zero attached hydrogens (tertiary/aromatic N) is 3. The summed E-state index contributed by atoms with van der Waals surface area (Å²) in [5.41, 5.74) is 0.749. The van der Waals surface area contributed by atoms with E-state index < -0.39 is 5.91 Å². The molecule has 1 atom stereocenters. The van der Waals surface area contributed by atoms with Crippen LogP contribution in [0.5, 0.6) is 0 Å². The lowest BCUT2D eigenvalue weighted by Crippen LogP contribution is -2.39. The smallest absolute Gasteiger partial charge is 0.271 e. The van der Waals surface area contributed by atoms with Gasteiger partial charge >= 0.3 is 0 Å². The van der Waals surface area contributed by atoms with Gasteiger partial charge in [-0.15, -0.1) is 11.3 Å². The quantitative estimate of drug-likeness (QED) is 0.672. The number of nitrogens with one attached hydrogen (secondary N) is 1. The first-order valence-electron chi connectivity index (χ1n) is 9.75. The van der Waals surface area contributed by atoms with Gasteiger partial charge < -0.3 is 10.1 Å². The second kappa shape index (κ2) is 8.86. The lowest BCUT2D eigenvalue weighted by molar-refractivity contribution is 0.0360. The van der Waals surface area contributed by atoms with E-state index in [2.05, 4.69) is 15.2 Å². The monoisotopic (exact) mass is 412 g/mol. The number of hydrogen-bond donors (Lipinski definition) is 1. The largest absolute Gasteiger partial charge is 0.379 e. The van der Waals surface area contributed by atoms with E-state index >= 15 is 0 Å². The van der Waals surface area contributed by atoms with Gasteiger partial charge in [-0.3, -0.25) is 18.9 Å². The minimum absolute atomic E-state index is 0.0626. The molecule has 1 saturated heterocycles. The highest BCUT2D eigenvalue weighted by Gasteiger charge is 2.21. The average Bonchev–Trinajstić information content (AvgIpc) is 3.14. The van der Waals surface area contributed by atoms with E-state index in [1.807, 2.05) is 37.3 Å². The fourth-order valence-electron chi connectivity index (χ4n) is 3.53. The summed E-state index contributed by atoms with van der Waals surface area (Å²) in [7, 11) is 0. The van der Waals surface area contributed by atoms with Crippen LogP contribution in [-0.2, 0) is 4.74 Å². The predicted octanol–water partition coefficient (Wildman–Crippen LogP) is 2.26. The Morgan fingerprint density at radius 3 is 2.79 bits per heavy atom. The first-order chi connectivity index (χ1) is 14.1. The first-order valence-corrected chi connectivity index (χ1v) is 10.6. The van der Waals surface area contributed by atoms with E-state index in [0.717, 1.165) is 49.7 Å². The van der Waals surface area contributed by atoms with Gasteiger partial charge in [-0.25, -0.2) is 4.98 Å². The van der Waals surface area contributed by atoms with Gasteiger partial charge in [0.1, 0.15) is 5.56 Å². The molecule has 0 radical (unpaired) electrons. The van der Waals surface area contributed by atoms with Crippen molar-refractivity contribution in [2.75, 3.05) is 32.8 Å². The van der Waals surface area contributed by atoms with Gasteiger partial charge in [0.05, 0.1) is 19.3 Å². The zero-order valence-electron chi connectivity index (χ0n) is 16.3. The third-order valence-corrected chi connectivity index (χ3v) is 6.02. The first kappa shape index (κ1) is 19.8. The highest BCUT2D eigenvalue weighted by Crippen LogP contribution is 2.18. The molecule has 3 heterocycles. The molecule has 1 aliphatic rings. The molecule has 4 rings (SSSR count). The Labute approximate surface area is 173 Å². The van der Waals surface area contributed by atoms with Crippen LogP contribution >= 0.6 is 11.3 Å². The number of hydrogen-bond acceptors (Lipinski definition) is 6. The second-order valence-corrected chi connectivity index (χ2v) is 8.36. The molecule has 1 aromatic carbocycles. The molecule has 1 amide bonds. The van der Waals surface area contributed by atoms with Gasteiger partial charge in [0.25, 0.3) is 11.5 Å². The Morgan fingerprint density at radius 2 is 2.03 bits per heavy atom. The van der Waals surface area contributed by atoms with E-state index in [0.29, 0.717) is 4.96 Å². The number of thiazole rings is 1. The molecule has 2 aromatic heterocycles. The van der Waals surface area contributed by atoms with Crippen LogP contribution in [0.25, 0.3) is 4.96 Å². The van der Waals surface area contributed by atoms with Gasteiger partial charge in [0, 0.05) is 36.9 Å². The number of aromatic nitrogens is 2. The number of carbonyl (C=O) groups excluding carboxylic acids is 1. The van der Waals surface area contributed by atoms with Crippen LogP contribution < -0.4 is 10.9 Å². The van der Waals surface area contributed by atoms with E-state index in [9.17, 15) is 9.59 Å². The van der Waals surface area contributed by atoms with Gasteiger partial charge in [0.2, 0.25) is 0 Å². The predicted molar refractivity (Wildman–Crippen MR) is 113 cm³/mol. The van der Waals surface area contributed by atoms with Crippen molar-refractivity contribution in [2.45, 2.75) is 19.4 Å². The topological polar surface area (TPSA) is 75.9 Å². The number of aryl methyl sites for hydroxylation is 1. The van der Waals surface area contributed by atoms with Crippen molar-refractivity contribution in [3.8, 4) is 0 Å². The lowest BCUT2D eigenvalue weighted by Gasteiger charge is -2.28. The normalized spacial score (nSPS) is 16.0. The number of rotatable bonds is 6. The summed E-state index contributed by atoms with van der Waals surface area (Å²) in [4.78, 5) is 33.9. The molecule has 1 aliphatic heterocycles. The molecule has 152 valence electrons. The Hall–Kier alpha value is -2.55. The molecule has 1 unspecified atom stereocenters. The molecular formula is C21H24N4O3S. The Balaban J connectivity index is 1.54. The molecule has 3 aromatic rings. The summed E-state index contributed by atoms with van der Waals surface area (Å²) in [5, 5.41) is 3.05. The second-order valence-electron chi connectivity index (χ2n) is 7.15. The Morgan fingerprint density at radius 1 is 1.28 bits per heavy atom. The molecular weight excluding hydrogens is 388 g/mol. The highest BCUT2D eigenvalue weighted by molar-refractivity contribution is 7.16. The molecule has 29 heavy (non-hydrogen) atoms. The zero-order valence-corrected chi connectivity index (χ0v) is 17.2. The Kier molecular flexibility index (Phi) is 6.03. The third-order valence-electron chi connectivity index (χ3n) is 5.11. The van der Waals surface area contributed by atoms with Crippen LogP contribution in [0.3, 0.4) is 0 Å². The fourth-order valence-corrected chi connectivity index (χ4v) is 4.32. The average molecular weight is 413 g/mol. The van der Waals surface area contributed by atoms with Crippen LogP contribution in [-0.4, -0.2) is 53.0 Å². The van der Waals surface area contributed by atoms with Crippen molar-refractivity contribution in [3.05, 3.63) is 69.1 Å². The highest BCUT2D eigenvalue weighted by atomic mass is 32.1. The summed E-state index contributed by atoms with van der Waals surface area (Å²) in [5.74, 6) is -0.392. The van der Waals surface area contributed by atoms with E-state index in [4.69, 9.17) is 4.74 Å². The fraction of sp³-hybridized carbons (Fsp3) is 0.381. The Bertz CT molecular complexity index is 1040. The summed E-state index contributed by atoms with van der Waals surface area (Å²) in [6.45, 7) is 6.04. The van der Waals surface area contributed by atoms with Crippen molar-refractivity contribution in [1.29, 1.82) is 0 Å². The van der Waals surface area contributed by atoms with Gasteiger partial charge in [-0.1, -0.05) is 30.3 Å². The van der Waals surface area contributed by atoms with E-state index in [-0.39, 0.29) is 17.2 Å². The summed E-state index contributed by atoms with van der Waals surface area (Å²) in [6, 6.07) is 9.69. The molecule has 0 saturated carbocycles. The van der Waals surface area contributed by atoms with Gasteiger partial charge in [-0.2, -0.15) is 0 Å². The standard InChI is InChI=1S/C21H24N4O3S/c1-15-14-25-20(27)17(13-22-21(25)29-15)19(26)23-18(16-5-3-2-4-6-16)7-8-24-9-11-28-12-10-24/h2-6,13-14,18H,7-12H2,1H3,(H,23,26). The van der Waals surface area contributed by atoms with E-state index in [1.165, 1.54) is 21.9 Å². The van der Waals surface area contributed by atoms with Crippen molar-refractivity contribution in [2.24, 2.45) is 0 Å². The van der Waals surface area contributed by atoms with Gasteiger partial charge in [0.15, 0.2) is 4.96 Å². The van der Waals surface area contributed by atoms with Gasteiger partial charge in [-0.05, 0) is 18.9 Å². The molecule has 0 aliphatic carbocycles. The number of ether oxygens (including phenoxy) is 1. The maximum absolute atomic E-state index is 13.0. The lowest BCUT2D eigenvalue weighted by atomic mass is 10.0.